The molecular weight excluding hydrogens is 437 g/mol. The first-order valence-corrected chi connectivity index (χ1v) is 9.55. The first-order chi connectivity index (χ1) is 11.1. The summed E-state index contributed by atoms with van der Waals surface area (Å²) in [4.78, 5) is 4.83. The van der Waals surface area contributed by atoms with Crippen molar-refractivity contribution in [3.8, 4) is 0 Å². The van der Waals surface area contributed by atoms with E-state index in [1.807, 2.05) is 30.8 Å². The van der Waals surface area contributed by atoms with Crippen LogP contribution in [0.2, 0.25) is 0 Å². The molecule has 2 rings (SSSR count). The van der Waals surface area contributed by atoms with Crippen molar-refractivity contribution in [3.63, 3.8) is 0 Å². The van der Waals surface area contributed by atoms with Crippen LogP contribution < -0.4 is 10.6 Å². The zero-order valence-electron chi connectivity index (χ0n) is 15.1. The Labute approximate surface area is 166 Å². The number of thioether (sulfide) groups is 1. The molecule has 1 atom stereocenters. The molecule has 1 aromatic heterocycles. The molecule has 1 aromatic rings. The smallest absolute Gasteiger partial charge is 0.191 e. The molecule has 2 heterocycles. The van der Waals surface area contributed by atoms with E-state index in [0.29, 0.717) is 0 Å². The highest BCUT2D eigenvalue weighted by molar-refractivity contribution is 14.0. The molecule has 1 aliphatic rings. The Kier molecular flexibility index (Phi) is 9.51. The van der Waals surface area contributed by atoms with E-state index in [-0.39, 0.29) is 34.8 Å². The van der Waals surface area contributed by atoms with Crippen molar-refractivity contribution < 1.29 is 9.15 Å². The number of nitrogens with zero attached hydrogens (tertiary/aromatic N) is 1. The minimum absolute atomic E-state index is 0. The predicted molar refractivity (Wildman–Crippen MR) is 113 cm³/mol. The van der Waals surface area contributed by atoms with Gasteiger partial charge >= 0.3 is 0 Å². The van der Waals surface area contributed by atoms with Gasteiger partial charge in [-0.25, -0.2) is 0 Å². The maximum Gasteiger partial charge on any atom is 0.191 e. The second kappa shape index (κ2) is 10.6. The summed E-state index contributed by atoms with van der Waals surface area (Å²) in [6.45, 7) is 9.44. The SMILES string of the molecule is CCNC(=NCC1(SC)CCOCC1)NC(C)c1ccc(C)o1.I. The van der Waals surface area contributed by atoms with Gasteiger partial charge in [0.05, 0.1) is 12.6 Å². The molecule has 24 heavy (non-hydrogen) atoms. The molecule has 0 saturated carbocycles. The Hall–Kier alpha value is -0.410. The molecule has 5 nitrogen and oxygen atoms in total. The Balaban J connectivity index is 0.00000288. The van der Waals surface area contributed by atoms with E-state index in [4.69, 9.17) is 14.1 Å². The summed E-state index contributed by atoms with van der Waals surface area (Å²) in [5.74, 6) is 2.70. The highest BCUT2D eigenvalue weighted by Gasteiger charge is 2.31. The minimum Gasteiger partial charge on any atom is -0.464 e. The highest BCUT2D eigenvalue weighted by Crippen LogP contribution is 2.34. The van der Waals surface area contributed by atoms with Crippen LogP contribution in [0.3, 0.4) is 0 Å². The average molecular weight is 467 g/mol. The number of ether oxygens (including phenoxy) is 1. The molecule has 2 N–H and O–H groups in total. The Morgan fingerprint density at radius 2 is 2.08 bits per heavy atom. The number of furan rings is 1. The summed E-state index contributed by atoms with van der Waals surface area (Å²) >= 11 is 1.91. The quantitative estimate of drug-likeness (QED) is 0.379. The molecule has 0 spiro atoms. The van der Waals surface area contributed by atoms with Crippen LogP contribution in [0.1, 0.15) is 44.3 Å². The molecule has 1 unspecified atom stereocenters. The Morgan fingerprint density at radius 3 is 2.62 bits per heavy atom. The predicted octanol–water partition coefficient (Wildman–Crippen LogP) is 3.73. The lowest BCUT2D eigenvalue weighted by Crippen LogP contribution is -2.41. The Bertz CT molecular complexity index is 516. The number of nitrogens with one attached hydrogen (secondary N) is 2. The van der Waals surface area contributed by atoms with E-state index < -0.39 is 0 Å². The standard InChI is InChI=1S/C17H29N3O2S.HI/c1-5-18-16(20-14(3)15-7-6-13(2)22-15)19-12-17(23-4)8-10-21-11-9-17;/h6-7,14H,5,8-12H2,1-4H3,(H2,18,19,20);1H. The molecule has 0 radical (unpaired) electrons. The van der Waals surface area contributed by atoms with Crippen molar-refractivity contribution in [1.29, 1.82) is 0 Å². The zero-order chi connectivity index (χ0) is 16.7. The normalized spacial score (nSPS) is 18.6. The van der Waals surface area contributed by atoms with Gasteiger partial charge < -0.3 is 19.8 Å². The van der Waals surface area contributed by atoms with E-state index in [9.17, 15) is 0 Å². The van der Waals surface area contributed by atoms with Crippen LogP contribution >= 0.6 is 35.7 Å². The van der Waals surface area contributed by atoms with Crippen molar-refractivity contribution in [1.82, 2.24) is 10.6 Å². The molecule has 0 amide bonds. The Morgan fingerprint density at radius 1 is 1.38 bits per heavy atom. The summed E-state index contributed by atoms with van der Waals surface area (Å²) in [5, 5.41) is 6.76. The fourth-order valence-corrected chi connectivity index (χ4v) is 3.44. The van der Waals surface area contributed by atoms with Gasteiger partial charge in [0, 0.05) is 24.5 Å². The fraction of sp³-hybridized carbons (Fsp3) is 0.706. The van der Waals surface area contributed by atoms with Gasteiger partial charge in [-0.3, -0.25) is 4.99 Å². The summed E-state index contributed by atoms with van der Waals surface area (Å²) < 4.78 is 11.4. The number of hydrogen-bond donors (Lipinski definition) is 2. The van der Waals surface area contributed by atoms with E-state index in [1.165, 1.54) is 0 Å². The van der Waals surface area contributed by atoms with Crippen molar-refractivity contribution in [2.45, 2.75) is 44.4 Å². The topological polar surface area (TPSA) is 58.8 Å². The van der Waals surface area contributed by atoms with E-state index in [0.717, 1.165) is 56.6 Å². The number of aryl methyl sites for hydroxylation is 1. The number of rotatable bonds is 6. The summed E-state index contributed by atoms with van der Waals surface area (Å²) in [5.41, 5.74) is 0. The van der Waals surface area contributed by atoms with Crippen molar-refractivity contribution in [2.24, 2.45) is 4.99 Å². The lowest BCUT2D eigenvalue weighted by molar-refractivity contribution is 0.0794. The van der Waals surface area contributed by atoms with Crippen molar-refractivity contribution in [3.05, 3.63) is 23.7 Å². The van der Waals surface area contributed by atoms with Crippen molar-refractivity contribution in [2.75, 3.05) is 32.6 Å². The van der Waals surface area contributed by atoms with Gasteiger partial charge in [-0.05, 0) is 52.0 Å². The molecular formula is C17H30IN3O2S. The van der Waals surface area contributed by atoms with Crippen molar-refractivity contribution >= 4 is 41.7 Å². The van der Waals surface area contributed by atoms with Gasteiger partial charge in [-0.15, -0.1) is 24.0 Å². The van der Waals surface area contributed by atoms with Gasteiger partial charge in [0.15, 0.2) is 5.96 Å². The van der Waals surface area contributed by atoms with Crippen LogP contribution in [0.5, 0.6) is 0 Å². The summed E-state index contributed by atoms with van der Waals surface area (Å²) in [6.07, 6.45) is 4.30. The third-order valence-corrected chi connectivity index (χ3v) is 5.65. The van der Waals surface area contributed by atoms with Gasteiger partial charge in [0.25, 0.3) is 0 Å². The largest absolute Gasteiger partial charge is 0.464 e. The molecule has 1 aliphatic heterocycles. The molecule has 0 aromatic carbocycles. The van der Waals surface area contributed by atoms with Crippen LogP contribution in [-0.2, 0) is 4.74 Å². The third kappa shape index (κ3) is 6.15. The van der Waals surface area contributed by atoms with Gasteiger partial charge in [-0.1, -0.05) is 0 Å². The first-order valence-electron chi connectivity index (χ1n) is 8.32. The minimum atomic E-state index is 0. The van der Waals surface area contributed by atoms with E-state index >= 15 is 0 Å². The highest BCUT2D eigenvalue weighted by atomic mass is 127. The van der Waals surface area contributed by atoms with E-state index in [2.05, 4.69) is 30.7 Å². The van der Waals surface area contributed by atoms with Gasteiger partial charge in [0.1, 0.15) is 11.5 Å². The third-order valence-electron chi connectivity index (χ3n) is 4.25. The molecule has 138 valence electrons. The number of guanidine groups is 1. The summed E-state index contributed by atoms with van der Waals surface area (Å²) in [6, 6.07) is 4.09. The number of hydrogen-bond acceptors (Lipinski definition) is 4. The maximum absolute atomic E-state index is 5.69. The molecule has 0 bridgehead atoms. The molecule has 1 saturated heterocycles. The monoisotopic (exact) mass is 467 g/mol. The van der Waals surface area contributed by atoms with Crippen LogP contribution in [-0.4, -0.2) is 43.3 Å². The van der Waals surface area contributed by atoms with Crippen LogP contribution in [0.25, 0.3) is 0 Å². The van der Waals surface area contributed by atoms with Gasteiger partial charge in [0.2, 0.25) is 0 Å². The van der Waals surface area contributed by atoms with Crippen LogP contribution in [0.4, 0.5) is 0 Å². The maximum atomic E-state index is 5.69. The molecule has 7 heteroatoms. The fourth-order valence-electron chi connectivity index (χ4n) is 2.68. The van der Waals surface area contributed by atoms with Crippen LogP contribution in [0.15, 0.2) is 21.5 Å². The number of aliphatic imine (C=N–C) groups is 1. The molecule has 0 aliphatic carbocycles. The van der Waals surface area contributed by atoms with Gasteiger partial charge in [-0.2, -0.15) is 11.8 Å². The lowest BCUT2D eigenvalue weighted by Gasteiger charge is -2.34. The zero-order valence-corrected chi connectivity index (χ0v) is 18.2. The lowest BCUT2D eigenvalue weighted by atomic mass is 9.99. The van der Waals surface area contributed by atoms with E-state index in [1.54, 1.807) is 0 Å². The first kappa shape index (κ1) is 21.6. The second-order valence-corrected chi connectivity index (χ2v) is 7.28. The number of halogens is 1. The summed E-state index contributed by atoms with van der Waals surface area (Å²) in [7, 11) is 0. The van der Waals surface area contributed by atoms with Crippen LogP contribution in [0, 0.1) is 6.92 Å². The average Bonchev–Trinajstić information content (AvgIpc) is 3.00. The molecule has 1 fully saturated rings. The second-order valence-electron chi connectivity index (χ2n) is 6.01.